The lowest BCUT2D eigenvalue weighted by Gasteiger charge is -2.15. The number of hydrogen-bond donors (Lipinski definition) is 0. The largest absolute Gasteiger partial charge is 0.475 e. The zero-order valence-electron chi connectivity index (χ0n) is 9.93. The molecule has 0 aromatic rings. The van der Waals surface area contributed by atoms with E-state index in [0.29, 0.717) is 19.1 Å². The number of hydrogen-bond acceptors (Lipinski definition) is 4. The maximum atomic E-state index is 11.8. The van der Waals surface area contributed by atoms with Crippen LogP contribution in [-0.2, 0) is 18.1 Å². The van der Waals surface area contributed by atoms with Crippen molar-refractivity contribution in [1.29, 1.82) is 0 Å². The van der Waals surface area contributed by atoms with Gasteiger partial charge in [-0.05, 0) is 19.8 Å². The second-order valence-corrected chi connectivity index (χ2v) is 4.92. The minimum Gasteiger partial charge on any atom is -0.287 e. The summed E-state index contributed by atoms with van der Waals surface area (Å²) in [5.74, 6) is 0.451. The molecule has 5 heteroatoms. The number of phosphoric acid groups is 1. The Morgan fingerprint density at radius 2 is 1.67 bits per heavy atom. The van der Waals surface area contributed by atoms with Gasteiger partial charge in [0.15, 0.2) is 0 Å². The van der Waals surface area contributed by atoms with E-state index in [9.17, 15) is 4.57 Å². The van der Waals surface area contributed by atoms with Gasteiger partial charge in [-0.25, -0.2) is 4.57 Å². The zero-order chi connectivity index (χ0) is 11.7. The quantitative estimate of drug-likeness (QED) is 0.478. The molecule has 0 aromatic carbocycles. The van der Waals surface area contributed by atoms with E-state index < -0.39 is 7.82 Å². The van der Waals surface area contributed by atoms with Gasteiger partial charge < -0.3 is 0 Å². The Balaban J connectivity index is 4.01. The molecule has 0 aromatic heterocycles. The molecule has 0 fully saturated rings. The van der Waals surface area contributed by atoms with Crippen LogP contribution in [0.4, 0.5) is 0 Å². The van der Waals surface area contributed by atoms with Crippen molar-refractivity contribution in [3.8, 4) is 0 Å². The molecule has 0 N–H and O–H groups in total. The van der Waals surface area contributed by atoms with Crippen LogP contribution in [0.5, 0.6) is 0 Å². The third-order valence-electron chi connectivity index (χ3n) is 1.42. The Kier molecular flexibility index (Phi) is 7.97. The summed E-state index contributed by atoms with van der Waals surface area (Å²) in [5.41, 5.74) is 0. The summed E-state index contributed by atoms with van der Waals surface area (Å²) >= 11 is 0. The molecule has 0 aliphatic heterocycles. The highest BCUT2D eigenvalue weighted by molar-refractivity contribution is 7.48. The Labute approximate surface area is 92.2 Å². The van der Waals surface area contributed by atoms with Crippen molar-refractivity contribution >= 4 is 7.82 Å². The Morgan fingerprint density at radius 1 is 1.13 bits per heavy atom. The van der Waals surface area contributed by atoms with Crippen LogP contribution in [-0.4, -0.2) is 19.8 Å². The predicted octanol–water partition coefficient (Wildman–Crippen LogP) is 3.40. The Hall–Kier alpha value is -0.150. The first kappa shape index (κ1) is 14.8. The molecule has 0 heterocycles. The topological polar surface area (TPSA) is 44.8 Å². The lowest BCUT2D eigenvalue weighted by atomic mass is 10.2. The van der Waals surface area contributed by atoms with Crippen LogP contribution >= 0.6 is 7.82 Å². The van der Waals surface area contributed by atoms with Gasteiger partial charge in [-0.15, -0.1) is 0 Å². The summed E-state index contributed by atoms with van der Waals surface area (Å²) in [6.07, 6.45) is 3.79. The van der Waals surface area contributed by atoms with Crippen LogP contribution in [0.2, 0.25) is 0 Å². The lowest BCUT2D eigenvalue weighted by Crippen LogP contribution is -2.00. The van der Waals surface area contributed by atoms with E-state index >= 15 is 0 Å². The van der Waals surface area contributed by atoms with E-state index in [1.807, 2.05) is 12.2 Å². The maximum absolute atomic E-state index is 11.8. The summed E-state index contributed by atoms with van der Waals surface area (Å²) in [4.78, 5) is 0. The molecule has 0 amide bonds. The van der Waals surface area contributed by atoms with Crippen LogP contribution in [0.15, 0.2) is 12.2 Å². The van der Waals surface area contributed by atoms with E-state index in [2.05, 4.69) is 13.8 Å². The summed E-state index contributed by atoms with van der Waals surface area (Å²) < 4.78 is 26.8. The van der Waals surface area contributed by atoms with E-state index in [4.69, 9.17) is 13.6 Å². The highest BCUT2D eigenvalue weighted by Crippen LogP contribution is 2.49. The molecule has 15 heavy (non-hydrogen) atoms. The second-order valence-electron chi connectivity index (χ2n) is 3.25. The molecule has 0 saturated carbocycles. The van der Waals surface area contributed by atoms with Crippen molar-refractivity contribution in [2.75, 3.05) is 19.8 Å². The molecule has 90 valence electrons. The van der Waals surface area contributed by atoms with E-state index in [1.165, 1.54) is 0 Å². The van der Waals surface area contributed by atoms with Crippen molar-refractivity contribution in [2.24, 2.45) is 5.92 Å². The van der Waals surface area contributed by atoms with Crippen molar-refractivity contribution in [2.45, 2.75) is 27.7 Å². The number of allylic oxidation sites excluding steroid dienone is 1. The van der Waals surface area contributed by atoms with Gasteiger partial charge in [0, 0.05) is 0 Å². The van der Waals surface area contributed by atoms with Crippen molar-refractivity contribution in [1.82, 2.24) is 0 Å². The van der Waals surface area contributed by atoms with Crippen LogP contribution in [0.3, 0.4) is 0 Å². The predicted molar refractivity (Wildman–Crippen MR) is 60.8 cm³/mol. The average molecular weight is 236 g/mol. The summed E-state index contributed by atoms with van der Waals surface area (Å²) in [6, 6.07) is 0. The molecule has 0 rings (SSSR count). The monoisotopic (exact) mass is 236 g/mol. The third-order valence-corrected chi connectivity index (χ3v) is 3.04. The SMILES string of the molecule is CCOP(=O)(OCC)OC/C=C/C(C)C. The van der Waals surface area contributed by atoms with Gasteiger partial charge in [0.1, 0.15) is 0 Å². The molecule has 0 aliphatic carbocycles. The highest BCUT2D eigenvalue weighted by atomic mass is 31.2. The first-order chi connectivity index (χ1) is 7.04. The van der Waals surface area contributed by atoms with Crippen molar-refractivity contribution in [3.63, 3.8) is 0 Å². The second kappa shape index (κ2) is 8.05. The molecule has 0 saturated heterocycles. The lowest BCUT2D eigenvalue weighted by molar-refractivity contribution is 0.131. The Morgan fingerprint density at radius 3 is 2.07 bits per heavy atom. The van der Waals surface area contributed by atoms with Gasteiger partial charge in [-0.3, -0.25) is 13.6 Å². The van der Waals surface area contributed by atoms with Crippen LogP contribution in [0.1, 0.15) is 27.7 Å². The van der Waals surface area contributed by atoms with E-state index in [1.54, 1.807) is 13.8 Å². The van der Waals surface area contributed by atoms with Gasteiger partial charge >= 0.3 is 7.82 Å². The molecule has 0 unspecified atom stereocenters. The summed E-state index contributed by atoms with van der Waals surface area (Å²) in [7, 11) is -3.33. The average Bonchev–Trinajstić information content (AvgIpc) is 2.13. The van der Waals surface area contributed by atoms with Gasteiger partial charge in [-0.1, -0.05) is 26.0 Å². The molecular weight excluding hydrogens is 215 g/mol. The molecule has 0 aliphatic rings. The van der Waals surface area contributed by atoms with E-state index in [0.717, 1.165) is 0 Å². The van der Waals surface area contributed by atoms with Crippen LogP contribution in [0.25, 0.3) is 0 Å². The molecule has 0 bridgehead atoms. The Bertz CT molecular complexity index is 215. The number of rotatable bonds is 8. The molecule has 0 atom stereocenters. The molecule has 0 spiro atoms. The third kappa shape index (κ3) is 7.74. The van der Waals surface area contributed by atoms with Crippen LogP contribution < -0.4 is 0 Å². The van der Waals surface area contributed by atoms with Crippen LogP contribution in [0, 0.1) is 5.92 Å². The first-order valence-electron chi connectivity index (χ1n) is 5.24. The molecule has 0 radical (unpaired) electrons. The van der Waals surface area contributed by atoms with Gasteiger partial charge in [0.25, 0.3) is 0 Å². The number of phosphoric ester groups is 1. The summed E-state index contributed by atoms with van der Waals surface area (Å²) in [5, 5.41) is 0. The molecular formula is C10H21O4P. The smallest absolute Gasteiger partial charge is 0.287 e. The summed E-state index contributed by atoms with van der Waals surface area (Å²) in [6.45, 7) is 8.48. The first-order valence-corrected chi connectivity index (χ1v) is 6.70. The minimum absolute atomic E-state index is 0.245. The van der Waals surface area contributed by atoms with E-state index in [-0.39, 0.29) is 6.61 Å². The van der Waals surface area contributed by atoms with Crippen molar-refractivity contribution in [3.05, 3.63) is 12.2 Å². The van der Waals surface area contributed by atoms with Gasteiger partial charge in [0.05, 0.1) is 19.8 Å². The fourth-order valence-corrected chi connectivity index (χ4v) is 2.01. The fraction of sp³-hybridized carbons (Fsp3) is 0.800. The molecule has 4 nitrogen and oxygen atoms in total. The standard InChI is InChI=1S/C10H21O4P/c1-5-12-15(11,13-6-2)14-9-7-8-10(3)4/h7-8,10H,5-6,9H2,1-4H3/b8-7+. The van der Waals surface area contributed by atoms with Crippen molar-refractivity contribution < 1.29 is 18.1 Å². The van der Waals surface area contributed by atoms with Gasteiger partial charge in [0.2, 0.25) is 0 Å². The fourth-order valence-electron chi connectivity index (χ4n) is 0.890. The zero-order valence-corrected chi connectivity index (χ0v) is 10.8. The minimum atomic E-state index is -3.33. The normalized spacial score (nSPS) is 12.9. The highest BCUT2D eigenvalue weighted by Gasteiger charge is 2.24. The maximum Gasteiger partial charge on any atom is 0.475 e. The van der Waals surface area contributed by atoms with Gasteiger partial charge in [-0.2, -0.15) is 0 Å².